The van der Waals surface area contributed by atoms with E-state index in [9.17, 15) is 18.0 Å². The number of rotatable bonds is 4. The molecule has 5 nitrogen and oxygen atoms in total. The molecule has 2 aromatic heterocycles. The summed E-state index contributed by atoms with van der Waals surface area (Å²) >= 11 is 5.92. The molecule has 0 unspecified atom stereocenters. The third-order valence-electron chi connectivity index (χ3n) is 3.04. The summed E-state index contributed by atoms with van der Waals surface area (Å²) in [7, 11) is 3.53. The zero-order chi connectivity index (χ0) is 18.1. The van der Waals surface area contributed by atoms with Crippen molar-refractivity contribution >= 4 is 17.4 Å². The van der Waals surface area contributed by atoms with Gasteiger partial charge in [0.2, 0.25) is 5.78 Å². The lowest BCUT2D eigenvalue weighted by atomic mass is 10.2. The summed E-state index contributed by atoms with van der Waals surface area (Å²) in [6, 6.07) is 0.788. The molecule has 2 aromatic rings. The van der Waals surface area contributed by atoms with Crippen LogP contribution in [0.2, 0.25) is 5.02 Å². The van der Waals surface area contributed by atoms with E-state index >= 15 is 0 Å². The van der Waals surface area contributed by atoms with E-state index in [0.717, 1.165) is 6.07 Å². The summed E-state index contributed by atoms with van der Waals surface area (Å²) in [4.78, 5) is 21.6. The molecule has 2 rings (SSSR count). The Bertz CT molecular complexity index is 797. The maximum absolute atomic E-state index is 12.7. The van der Waals surface area contributed by atoms with Crippen LogP contribution in [0.3, 0.4) is 0 Å². The molecule has 0 saturated heterocycles. The van der Waals surface area contributed by atoms with Gasteiger partial charge < -0.3 is 4.90 Å². The molecule has 0 aliphatic rings. The summed E-state index contributed by atoms with van der Waals surface area (Å²) < 4.78 is 39.4. The number of aromatic nitrogens is 3. The van der Waals surface area contributed by atoms with E-state index in [2.05, 4.69) is 9.97 Å². The Balaban J connectivity index is 2.39. The highest BCUT2D eigenvalue weighted by Crippen LogP contribution is 2.32. The topological polar surface area (TPSA) is 51.0 Å². The molecule has 0 N–H and O–H groups in total. The molecule has 0 amide bonds. The van der Waals surface area contributed by atoms with Gasteiger partial charge in [-0.1, -0.05) is 11.6 Å². The molecule has 0 aromatic carbocycles. The van der Waals surface area contributed by atoms with Gasteiger partial charge in [0.15, 0.2) is 5.82 Å². The van der Waals surface area contributed by atoms with E-state index in [4.69, 9.17) is 11.6 Å². The molecular formula is C15H14ClF3N4O. The average Bonchev–Trinajstić information content (AvgIpc) is 2.85. The second-order valence-corrected chi connectivity index (χ2v) is 5.62. The quantitative estimate of drug-likeness (QED) is 0.620. The van der Waals surface area contributed by atoms with Crippen molar-refractivity contribution in [2.45, 2.75) is 13.1 Å². The number of allylic oxidation sites excluding steroid dienone is 1. The van der Waals surface area contributed by atoms with Crippen LogP contribution in [-0.4, -0.2) is 39.3 Å². The summed E-state index contributed by atoms with van der Waals surface area (Å²) in [6.07, 6.45) is 0.457. The summed E-state index contributed by atoms with van der Waals surface area (Å²) in [5.41, 5.74) is -0.803. The number of nitrogens with zero attached hydrogens (tertiary/aromatic N) is 4. The first-order valence-electron chi connectivity index (χ1n) is 6.77. The number of hydrogen-bond acceptors (Lipinski definition) is 4. The van der Waals surface area contributed by atoms with E-state index in [-0.39, 0.29) is 22.3 Å². The van der Waals surface area contributed by atoms with E-state index < -0.39 is 11.7 Å². The lowest BCUT2D eigenvalue weighted by Crippen LogP contribution is -2.08. The maximum atomic E-state index is 12.7. The third kappa shape index (κ3) is 3.94. The standard InChI is InChI=1S/C15H14ClF3N4O/c1-9-21-12(13(24)4-5-22(2)3)8-23(9)14-11(16)6-10(7-20-14)15(17,18)19/h4-8H,1-3H3. The van der Waals surface area contributed by atoms with Crippen LogP contribution in [0.4, 0.5) is 13.2 Å². The minimum absolute atomic E-state index is 0.0744. The highest BCUT2D eigenvalue weighted by atomic mass is 35.5. The van der Waals surface area contributed by atoms with Crippen molar-refractivity contribution in [3.63, 3.8) is 0 Å². The van der Waals surface area contributed by atoms with Crippen LogP contribution in [0.1, 0.15) is 21.9 Å². The van der Waals surface area contributed by atoms with Gasteiger partial charge in [-0.2, -0.15) is 13.2 Å². The molecule has 0 atom stereocenters. The van der Waals surface area contributed by atoms with Crippen LogP contribution >= 0.6 is 11.6 Å². The molecule has 0 aliphatic heterocycles. The Labute approximate surface area is 141 Å². The van der Waals surface area contributed by atoms with Gasteiger partial charge in [-0.05, 0) is 13.0 Å². The molecule has 0 aliphatic carbocycles. The van der Waals surface area contributed by atoms with Crippen LogP contribution in [0.15, 0.2) is 30.7 Å². The zero-order valence-electron chi connectivity index (χ0n) is 13.1. The fourth-order valence-corrected chi connectivity index (χ4v) is 2.13. The van der Waals surface area contributed by atoms with Gasteiger partial charge in [-0.15, -0.1) is 0 Å². The van der Waals surface area contributed by atoms with Gasteiger partial charge in [0.25, 0.3) is 0 Å². The molecule has 128 valence electrons. The number of ketones is 1. The number of pyridine rings is 1. The predicted octanol–water partition coefficient (Wildman–Crippen LogP) is 3.51. The monoisotopic (exact) mass is 358 g/mol. The van der Waals surface area contributed by atoms with Crippen molar-refractivity contribution in [3.8, 4) is 5.82 Å². The third-order valence-corrected chi connectivity index (χ3v) is 3.31. The lowest BCUT2D eigenvalue weighted by molar-refractivity contribution is -0.137. The number of aryl methyl sites for hydroxylation is 1. The normalized spacial score (nSPS) is 12.0. The number of carbonyl (C=O) groups excluding carboxylic acids is 1. The molecule has 0 fully saturated rings. The maximum Gasteiger partial charge on any atom is 0.417 e. The van der Waals surface area contributed by atoms with Crippen LogP contribution in [-0.2, 0) is 6.18 Å². The van der Waals surface area contributed by atoms with Crippen molar-refractivity contribution in [1.82, 2.24) is 19.4 Å². The highest BCUT2D eigenvalue weighted by Gasteiger charge is 2.31. The van der Waals surface area contributed by atoms with Crippen molar-refractivity contribution in [2.75, 3.05) is 14.1 Å². The first kappa shape index (κ1) is 18.0. The van der Waals surface area contributed by atoms with E-state index in [1.807, 2.05) is 0 Å². The van der Waals surface area contributed by atoms with Crippen LogP contribution in [0.5, 0.6) is 0 Å². The minimum atomic E-state index is -4.53. The number of hydrogen-bond donors (Lipinski definition) is 0. The molecule has 0 bridgehead atoms. The molecule has 0 spiro atoms. The van der Waals surface area contributed by atoms with Gasteiger partial charge in [0.1, 0.15) is 11.5 Å². The zero-order valence-corrected chi connectivity index (χ0v) is 13.9. The summed E-state index contributed by atoms with van der Waals surface area (Å²) in [5.74, 6) is 0.115. The van der Waals surface area contributed by atoms with Crippen molar-refractivity contribution in [1.29, 1.82) is 0 Å². The minimum Gasteiger partial charge on any atom is -0.383 e. The Hall–Kier alpha value is -2.35. The van der Waals surface area contributed by atoms with Crippen LogP contribution in [0, 0.1) is 6.92 Å². The first-order chi connectivity index (χ1) is 11.1. The van der Waals surface area contributed by atoms with E-state index in [1.165, 1.54) is 16.8 Å². The van der Waals surface area contributed by atoms with Crippen LogP contribution < -0.4 is 0 Å². The van der Waals surface area contributed by atoms with Gasteiger partial charge in [0, 0.05) is 38.8 Å². The number of halogens is 4. The average molecular weight is 359 g/mol. The van der Waals surface area contributed by atoms with Gasteiger partial charge in [-0.3, -0.25) is 9.36 Å². The highest BCUT2D eigenvalue weighted by molar-refractivity contribution is 6.32. The number of carbonyl (C=O) groups is 1. The molecule has 9 heteroatoms. The van der Waals surface area contributed by atoms with Crippen molar-refractivity contribution in [3.05, 3.63) is 52.8 Å². The predicted molar refractivity (Wildman–Crippen MR) is 83.3 cm³/mol. The molecule has 24 heavy (non-hydrogen) atoms. The van der Waals surface area contributed by atoms with E-state index in [0.29, 0.717) is 12.0 Å². The van der Waals surface area contributed by atoms with E-state index in [1.54, 1.807) is 32.1 Å². The Morgan fingerprint density at radius 3 is 2.58 bits per heavy atom. The van der Waals surface area contributed by atoms with Gasteiger partial charge >= 0.3 is 6.18 Å². The van der Waals surface area contributed by atoms with Gasteiger partial charge in [-0.25, -0.2) is 9.97 Å². The smallest absolute Gasteiger partial charge is 0.383 e. The van der Waals surface area contributed by atoms with Gasteiger partial charge in [0.05, 0.1) is 10.6 Å². The molecule has 2 heterocycles. The molecule has 0 saturated carbocycles. The number of alkyl halides is 3. The summed E-state index contributed by atoms with van der Waals surface area (Å²) in [5, 5.41) is -0.187. The second kappa shape index (κ2) is 6.64. The molecular weight excluding hydrogens is 345 g/mol. The van der Waals surface area contributed by atoms with Crippen molar-refractivity contribution in [2.24, 2.45) is 0 Å². The Morgan fingerprint density at radius 2 is 2.04 bits per heavy atom. The van der Waals surface area contributed by atoms with Crippen LogP contribution in [0.25, 0.3) is 5.82 Å². The fraction of sp³-hybridized carbons (Fsp3) is 0.267. The second-order valence-electron chi connectivity index (χ2n) is 5.21. The first-order valence-corrected chi connectivity index (χ1v) is 7.15. The van der Waals surface area contributed by atoms with Crippen molar-refractivity contribution < 1.29 is 18.0 Å². The molecule has 0 radical (unpaired) electrons. The fourth-order valence-electron chi connectivity index (χ4n) is 1.87. The Kier molecular flexibility index (Phi) is 4.98. The summed E-state index contributed by atoms with van der Waals surface area (Å²) in [6.45, 7) is 1.60. The SMILES string of the molecule is Cc1nc(C(=O)C=CN(C)C)cn1-c1ncc(C(F)(F)F)cc1Cl. The number of imidazole rings is 1. The largest absolute Gasteiger partial charge is 0.417 e. The lowest BCUT2D eigenvalue weighted by Gasteiger charge is -2.10. The Morgan fingerprint density at radius 1 is 1.38 bits per heavy atom.